The number of phenols is 1. The molecule has 0 aliphatic heterocycles. The third-order valence-electron chi connectivity index (χ3n) is 2.03. The third-order valence-corrected chi connectivity index (χ3v) is 2.03. The zero-order valence-electron chi connectivity index (χ0n) is 8.05. The molecule has 0 saturated carbocycles. The van der Waals surface area contributed by atoms with Crippen molar-refractivity contribution in [1.82, 2.24) is 0 Å². The van der Waals surface area contributed by atoms with E-state index in [0.29, 0.717) is 11.5 Å². The van der Waals surface area contributed by atoms with E-state index in [1.165, 1.54) is 6.07 Å². The van der Waals surface area contributed by atoms with Gasteiger partial charge in [0.15, 0.2) is 0 Å². The van der Waals surface area contributed by atoms with E-state index in [9.17, 15) is 4.39 Å². The van der Waals surface area contributed by atoms with E-state index >= 15 is 0 Å². The number of aryl methyl sites for hydroxylation is 1. The highest BCUT2D eigenvalue weighted by Gasteiger charge is 2.03. The first-order chi connectivity index (χ1) is 6.09. The van der Waals surface area contributed by atoms with Crippen molar-refractivity contribution in [2.75, 3.05) is 0 Å². The average Bonchev–Trinajstić information content (AvgIpc) is 2.02. The molecule has 0 bridgehead atoms. The molecule has 13 heavy (non-hydrogen) atoms. The Balaban J connectivity index is 2.67. The zero-order valence-corrected chi connectivity index (χ0v) is 8.05. The van der Waals surface area contributed by atoms with Crippen molar-refractivity contribution in [3.8, 4) is 5.75 Å². The van der Waals surface area contributed by atoms with Gasteiger partial charge in [0.05, 0.1) is 0 Å². The van der Waals surface area contributed by atoms with Gasteiger partial charge in [-0.3, -0.25) is 0 Å². The molecule has 1 N–H and O–H groups in total. The second-order valence-electron chi connectivity index (χ2n) is 3.71. The van der Waals surface area contributed by atoms with Crippen LogP contribution in [-0.4, -0.2) is 5.11 Å². The first-order valence-corrected chi connectivity index (χ1v) is 4.57. The Morgan fingerprint density at radius 3 is 2.62 bits per heavy atom. The summed E-state index contributed by atoms with van der Waals surface area (Å²) >= 11 is 0. The van der Waals surface area contributed by atoms with Crippen LogP contribution >= 0.6 is 0 Å². The Morgan fingerprint density at radius 2 is 2.08 bits per heavy atom. The number of halogens is 1. The van der Waals surface area contributed by atoms with Crippen molar-refractivity contribution in [3.05, 3.63) is 29.6 Å². The van der Waals surface area contributed by atoms with Crippen molar-refractivity contribution in [1.29, 1.82) is 0 Å². The molecule has 0 atom stereocenters. The van der Waals surface area contributed by atoms with Gasteiger partial charge in [-0.25, -0.2) is 4.39 Å². The molecule has 0 aliphatic rings. The summed E-state index contributed by atoms with van der Waals surface area (Å²) in [5.74, 6) is 0.264. The largest absolute Gasteiger partial charge is 0.508 e. The standard InChI is InChI=1S/C11H15FO/c1-8(2)3-4-9-5-6-10(13)7-11(9)12/h5-8,13H,3-4H2,1-2H3. The average molecular weight is 182 g/mol. The summed E-state index contributed by atoms with van der Waals surface area (Å²) in [4.78, 5) is 0. The molecule has 0 heterocycles. The van der Waals surface area contributed by atoms with Crippen LogP contribution in [-0.2, 0) is 6.42 Å². The van der Waals surface area contributed by atoms with Crippen LogP contribution in [0.5, 0.6) is 5.75 Å². The Kier molecular flexibility index (Phi) is 3.29. The van der Waals surface area contributed by atoms with E-state index < -0.39 is 0 Å². The second kappa shape index (κ2) is 4.26. The van der Waals surface area contributed by atoms with Crippen LogP contribution in [0.3, 0.4) is 0 Å². The Bertz CT molecular complexity index is 281. The minimum Gasteiger partial charge on any atom is -0.508 e. The number of rotatable bonds is 3. The maximum absolute atomic E-state index is 13.1. The lowest BCUT2D eigenvalue weighted by Crippen LogP contribution is -1.94. The maximum atomic E-state index is 13.1. The number of aromatic hydroxyl groups is 1. The predicted molar refractivity (Wildman–Crippen MR) is 51.2 cm³/mol. The predicted octanol–water partition coefficient (Wildman–Crippen LogP) is 3.12. The lowest BCUT2D eigenvalue weighted by Gasteiger charge is -2.05. The van der Waals surface area contributed by atoms with Crippen LogP contribution in [0.1, 0.15) is 25.8 Å². The summed E-state index contributed by atoms with van der Waals surface area (Å²) in [5, 5.41) is 8.97. The molecule has 0 unspecified atom stereocenters. The van der Waals surface area contributed by atoms with E-state index in [0.717, 1.165) is 18.9 Å². The van der Waals surface area contributed by atoms with Gasteiger partial charge in [-0.2, -0.15) is 0 Å². The van der Waals surface area contributed by atoms with E-state index in [1.807, 2.05) is 0 Å². The lowest BCUT2D eigenvalue weighted by atomic mass is 10.0. The number of phenolic OH excluding ortho intramolecular Hbond substituents is 1. The molecule has 2 heteroatoms. The van der Waals surface area contributed by atoms with Gasteiger partial charge in [-0.1, -0.05) is 19.9 Å². The second-order valence-corrected chi connectivity index (χ2v) is 3.71. The van der Waals surface area contributed by atoms with E-state index in [2.05, 4.69) is 13.8 Å². The molecule has 0 fully saturated rings. The molecule has 1 aromatic carbocycles. The molecule has 0 spiro atoms. The van der Waals surface area contributed by atoms with E-state index in [1.54, 1.807) is 6.07 Å². The minimum absolute atomic E-state index is 0.00852. The van der Waals surface area contributed by atoms with Gasteiger partial charge in [0.2, 0.25) is 0 Å². The van der Waals surface area contributed by atoms with E-state index in [4.69, 9.17) is 5.11 Å². The van der Waals surface area contributed by atoms with Gasteiger partial charge < -0.3 is 5.11 Å². The molecule has 0 saturated heterocycles. The number of hydrogen-bond acceptors (Lipinski definition) is 1. The summed E-state index contributed by atoms with van der Waals surface area (Å²) in [6.45, 7) is 4.22. The topological polar surface area (TPSA) is 20.2 Å². The molecule has 1 rings (SSSR count). The first-order valence-electron chi connectivity index (χ1n) is 4.57. The molecule has 0 radical (unpaired) electrons. The van der Waals surface area contributed by atoms with Crippen molar-refractivity contribution < 1.29 is 9.50 Å². The van der Waals surface area contributed by atoms with Crippen molar-refractivity contribution in [3.63, 3.8) is 0 Å². The van der Waals surface area contributed by atoms with Crippen LogP contribution < -0.4 is 0 Å². The Hall–Kier alpha value is -1.05. The lowest BCUT2D eigenvalue weighted by molar-refractivity contribution is 0.467. The van der Waals surface area contributed by atoms with Gasteiger partial charge in [0, 0.05) is 6.07 Å². The fourth-order valence-electron chi connectivity index (χ4n) is 1.18. The van der Waals surface area contributed by atoms with Gasteiger partial charge in [0.1, 0.15) is 11.6 Å². The van der Waals surface area contributed by atoms with Crippen LogP contribution in [0.4, 0.5) is 4.39 Å². The molecule has 0 amide bonds. The third kappa shape index (κ3) is 3.05. The highest BCUT2D eigenvalue weighted by atomic mass is 19.1. The molecular weight excluding hydrogens is 167 g/mol. The molecule has 1 aromatic rings. The van der Waals surface area contributed by atoms with Crippen LogP contribution in [0.2, 0.25) is 0 Å². The fraction of sp³-hybridized carbons (Fsp3) is 0.455. The van der Waals surface area contributed by atoms with Gasteiger partial charge >= 0.3 is 0 Å². The maximum Gasteiger partial charge on any atom is 0.130 e. The Morgan fingerprint density at radius 1 is 1.38 bits per heavy atom. The molecule has 72 valence electrons. The molecular formula is C11H15FO. The summed E-state index contributed by atoms with van der Waals surface area (Å²) in [5.41, 5.74) is 0.687. The van der Waals surface area contributed by atoms with E-state index in [-0.39, 0.29) is 11.6 Å². The quantitative estimate of drug-likeness (QED) is 0.761. The summed E-state index contributed by atoms with van der Waals surface area (Å²) in [7, 11) is 0. The highest BCUT2D eigenvalue weighted by molar-refractivity contribution is 5.27. The van der Waals surface area contributed by atoms with Crippen LogP contribution in [0.15, 0.2) is 18.2 Å². The highest BCUT2D eigenvalue weighted by Crippen LogP contribution is 2.17. The first kappa shape index (κ1) is 10.0. The molecule has 0 aromatic heterocycles. The van der Waals surface area contributed by atoms with Crippen molar-refractivity contribution in [2.45, 2.75) is 26.7 Å². The summed E-state index contributed by atoms with van der Waals surface area (Å²) < 4.78 is 13.1. The van der Waals surface area contributed by atoms with Gasteiger partial charge in [0.25, 0.3) is 0 Å². The SMILES string of the molecule is CC(C)CCc1ccc(O)cc1F. The van der Waals surface area contributed by atoms with Crippen molar-refractivity contribution in [2.24, 2.45) is 5.92 Å². The zero-order chi connectivity index (χ0) is 9.84. The normalized spacial score (nSPS) is 10.8. The Labute approximate surface area is 78.2 Å². The van der Waals surface area contributed by atoms with Crippen LogP contribution in [0.25, 0.3) is 0 Å². The fourth-order valence-corrected chi connectivity index (χ4v) is 1.18. The summed E-state index contributed by atoms with van der Waals surface area (Å²) in [6.07, 6.45) is 1.71. The van der Waals surface area contributed by atoms with Gasteiger partial charge in [-0.05, 0) is 30.4 Å². The van der Waals surface area contributed by atoms with Crippen LogP contribution in [0, 0.1) is 11.7 Å². The smallest absolute Gasteiger partial charge is 0.130 e. The van der Waals surface area contributed by atoms with Gasteiger partial charge in [-0.15, -0.1) is 0 Å². The summed E-state index contributed by atoms with van der Waals surface area (Å²) in [6, 6.07) is 4.33. The number of hydrogen-bond donors (Lipinski definition) is 1. The number of benzene rings is 1. The molecule has 0 aliphatic carbocycles. The molecule has 1 nitrogen and oxygen atoms in total. The monoisotopic (exact) mass is 182 g/mol. The minimum atomic E-state index is -0.305. The van der Waals surface area contributed by atoms with Crippen molar-refractivity contribution >= 4 is 0 Å².